The van der Waals surface area contributed by atoms with Gasteiger partial charge >= 0.3 is 12.1 Å². The summed E-state index contributed by atoms with van der Waals surface area (Å²) >= 11 is 0. The number of nitrogens with one attached hydrogen (secondary N) is 1. The van der Waals surface area contributed by atoms with Crippen LogP contribution in [-0.2, 0) is 20.7 Å². The van der Waals surface area contributed by atoms with Crippen molar-refractivity contribution in [1.29, 1.82) is 0 Å². The monoisotopic (exact) mass is 305 g/mol. The third kappa shape index (κ3) is 5.06. The quantitative estimate of drug-likeness (QED) is 0.621. The molecule has 1 atom stereocenters. The molecule has 1 aromatic rings. The summed E-state index contributed by atoms with van der Waals surface area (Å²) < 4.78 is 9.97. The van der Waals surface area contributed by atoms with Crippen LogP contribution in [-0.4, -0.2) is 30.3 Å². The largest absolute Gasteiger partial charge is 0.461 e. The normalized spacial score (nSPS) is 17.4. The minimum absolute atomic E-state index is 0.228. The summed E-state index contributed by atoms with van der Waals surface area (Å²) in [5.74, 6) is -0.405. The fraction of sp³-hybridized carbons (Fsp3) is 0.529. The molecule has 2 rings (SSSR count). The topological polar surface area (TPSA) is 64.6 Å². The van der Waals surface area contributed by atoms with Gasteiger partial charge in [-0.25, -0.2) is 9.59 Å². The molecule has 0 bridgehead atoms. The average Bonchev–Trinajstić information content (AvgIpc) is 2.48. The Kier molecular flexibility index (Phi) is 5.41. The van der Waals surface area contributed by atoms with Crippen molar-refractivity contribution in [3.05, 3.63) is 35.9 Å². The van der Waals surface area contributed by atoms with Gasteiger partial charge in [0.25, 0.3) is 0 Å². The first-order chi connectivity index (χ1) is 10.5. The minimum Gasteiger partial charge on any atom is -0.461 e. The summed E-state index contributed by atoms with van der Waals surface area (Å²) in [6.45, 7) is 3.99. The highest BCUT2D eigenvalue weighted by Gasteiger charge is 2.34. The molecule has 1 aliphatic heterocycles. The van der Waals surface area contributed by atoms with Gasteiger partial charge in [0.1, 0.15) is 12.2 Å². The third-order valence-corrected chi connectivity index (χ3v) is 3.67. The van der Waals surface area contributed by atoms with Crippen LogP contribution in [0.5, 0.6) is 0 Å². The number of unbranched alkanes of at least 4 members (excludes halogenated alkanes) is 1. The number of aryl methyl sites for hydroxylation is 1. The number of hydrogen-bond acceptors (Lipinski definition) is 4. The van der Waals surface area contributed by atoms with Crippen LogP contribution >= 0.6 is 0 Å². The second-order valence-electron chi connectivity index (χ2n) is 6.17. The van der Waals surface area contributed by atoms with Crippen LogP contribution in [0.3, 0.4) is 0 Å². The van der Waals surface area contributed by atoms with Crippen molar-refractivity contribution in [2.24, 2.45) is 0 Å². The number of hydrogen-bond donors (Lipinski definition) is 1. The van der Waals surface area contributed by atoms with Gasteiger partial charge in [0.2, 0.25) is 0 Å². The Labute approximate surface area is 131 Å². The first-order valence-corrected chi connectivity index (χ1v) is 7.66. The van der Waals surface area contributed by atoms with Crippen molar-refractivity contribution in [3.63, 3.8) is 0 Å². The van der Waals surface area contributed by atoms with Crippen molar-refractivity contribution in [3.8, 4) is 0 Å². The standard InChI is InChI=1S/C17H23NO4/c1-17(2,22-16(20)18-14-12-21-15(14)19)11-7-6-10-13-8-4-3-5-9-13/h3-5,8-9,14H,6-7,10-12H2,1-2H3,(H,18,20)/t14-/m1/s1. The number of cyclic esters (lactones) is 1. The molecule has 0 aliphatic carbocycles. The van der Waals surface area contributed by atoms with Gasteiger partial charge in [-0.15, -0.1) is 0 Å². The van der Waals surface area contributed by atoms with E-state index in [0.717, 1.165) is 25.7 Å². The minimum atomic E-state index is -0.560. The van der Waals surface area contributed by atoms with Crippen LogP contribution in [0.25, 0.3) is 0 Å². The lowest BCUT2D eigenvalue weighted by molar-refractivity contribution is -0.162. The lowest BCUT2D eigenvalue weighted by Gasteiger charge is -2.29. The van der Waals surface area contributed by atoms with Gasteiger partial charge in [-0.2, -0.15) is 0 Å². The van der Waals surface area contributed by atoms with E-state index in [1.54, 1.807) is 0 Å². The molecule has 1 aliphatic rings. The molecule has 1 aromatic carbocycles. The van der Waals surface area contributed by atoms with Crippen molar-refractivity contribution < 1.29 is 19.1 Å². The summed E-state index contributed by atoms with van der Waals surface area (Å²) in [6.07, 6.45) is 3.27. The number of alkyl carbamates (subject to hydrolysis) is 1. The zero-order valence-electron chi connectivity index (χ0n) is 13.1. The smallest absolute Gasteiger partial charge is 0.408 e. The van der Waals surface area contributed by atoms with E-state index in [2.05, 4.69) is 22.2 Å². The maximum absolute atomic E-state index is 11.7. The molecule has 22 heavy (non-hydrogen) atoms. The van der Waals surface area contributed by atoms with Gasteiger partial charge in [0.15, 0.2) is 6.04 Å². The molecule has 1 saturated heterocycles. The van der Waals surface area contributed by atoms with Crippen molar-refractivity contribution in [2.75, 3.05) is 6.61 Å². The van der Waals surface area contributed by atoms with Gasteiger partial charge in [-0.05, 0) is 45.1 Å². The number of benzene rings is 1. The van der Waals surface area contributed by atoms with Crippen LogP contribution in [0.4, 0.5) is 4.79 Å². The highest BCUT2D eigenvalue weighted by molar-refractivity contribution is 5.85. The van der Waals surface area contributed by atoms with E-state index in [0.29, 0.717) is 0 Å². The van der Waals surface area contributed by atoms with E-state index in [1.165, 1.54) is 5.56 Å². The number of amides is 1. The summed E-state index contributed by atoms with van der Waals surface area (Å²) in [5.41, 5.74) is 0.775. The Bertz CT molecular complexity index is 513. The Hall–Kier alpha value is -2.04. The number of carbonyl (C=O) groups excluding carboxylic acids is 2. The molecule has 5 nitrogen and oxygen atoms in total. The predicted molar refractivity (Wildman–Crippen MR) is 82.4 cm³/mol. The Morgan fingerprint density at radius 1 is 1.32 bits per heavy atom. The van der Waals surface area contributed by atoms with E-state index < -0.39 is 23.7 Å². The average molecular weight is 305 g/mol. The molecule has 1 heterocycles. The summed E-state index contributed by atoms with van der Waals surface area (Å²) in [6, 6.07) is 9.77. The van der Waals surface area contributed by atoms with E-state index >= 15 is 0 Å². The molecule has 0 radical (unpaired) electrons. The number of carbonyl (C=O) groups is 2. The fourth-order valence-electron chi connectivity index (χ4n) is 2.33. The highest BCUT2D eigenvalue weighted by atomic mass is 16.6. The first kappa shape index (κ1) is 16.3. The summed E-state index contributed by atoms with van der Waals surface area (Å²) in [7, 11) is 0. The molecule has 0 spiro atoms. The molecule has 1 amide bonds. The van der Waals surface area contributed by atoms with E-state index in [-0.39, 0.29) is 6.61 Å². The van der Waals surface area contributed by atoms with Gasteiger partial charge in [-0.3, -0.25) is 0 Å². The Morgan fingerprint density at radius 2 is 2.05 bits per heavy atom. The molecule has 0 aromatic heterocycles. The lowest BCUT2D eigenvalue weighted by Crippen LogP contribution is -2.54. The predicted octanol–water partition coefficient (Wildman–Crippen LogP) is 2.83. The van der Waals surface area contributed by atoms with Crippen LogP contribution in [0.1, 0.15) is 38.7 Å². The number of rotatable bonds is 7. The maximum Gasteiger partial charge on any atom is 0.408 e. The van der Waals surface area contributed by atoms with E-state index in [4.69, 9.17) is 4.74 Å². The second-order valence-corrected chi connectivity index (χ2v) is 6.17. The fourth-order valence-corrected chi connectivity index (χ4v) is 2.33. The Balaban J connectivity index is 1.64. The van der Waals surface area contributed by atoms with Crippen LogP contribution < -0.4 is 5.32 Å². The molecule has 0 saturated carbocycles. The molecular formula is C17H23NO4. The molecular weight excluding hydrogens is 282 g/mol. The lowest BCUT2D eigenvalue weighted by atomic mass is 9.99. The van der Waals surface area contributed by atoms with Crippen LogP contribution in [0.2, 0.25) is 0 Å². The van der Waals surface area contributed by atoms with E-state index in [9.17, 15) is 9.59 Å². The van der Waals surface area contributed by atoms with Gasteiger partial charge in [-0.1, -0.05) is 30.3 Å². The van der Waals surface area contributed by atoms with Gasteiger partial charge in [0, 0.05) is 0 Å². The molecule has 1 N–H and O–H groups in total. The zero-order valence-corrected chi connectivity index (χ0v) is 13.1. The van der Waals surface area contributed by atoms with Crippen molar-refractivity contribution in [2.45, 2.75) is 51.2 Å². The second kappa shape index (κ2) is 7.29. The molecule has 1 fully saturated rings. The van der Waals surface area contributed by atoms with Crippen molar-refractivity contribution >= 4 is 12.1 Å². The maximum atomic E-state index is 11.7. The number of esters is 1. The molecule has 120 valence electrons. The van der Waals surface area contributed by atoms with Gasteiger partial charge < -0.3 is 14.8 Å². The summed E-state index contributed by atoms with van der Waals surface area (Å²) in [4.78, 5) is 22.7. The third-order valence-electron chi connectivity index (χ3n) is 3.67. The van der Waals surface area contributed by atoms with E-state index in [1.807, 2.05) is 32.0 Å². The first-order valence-electron chi connectivity index (χ1n) is 7.66. The van der Waals surface area contributed by atoms with Crippen molar-refractivity contribution in [1.82, 2.24) is 5.32 Å². The zero-order chi connectivity index (χ0) is 16.0. The number of ether oxygens (including phenoxy) is 2. The highest BCUT2D eigenvalue weighted by Crippen LogP contribution is 2.19. The van der Waals surface area contributed by atoms with Crippen LogP contribution in [0, 0.1) is 0 Å². The SMILES string of the molecule is CC(C)(CCCCc1ccccc1)OC(=O)N[C@@H]1COC1=O. The molecule has 5 heteroatoms. The van der Waals surface area contributed by atoms with Gasteiger partial charge in [0.05, 0.1) is 0 Å². The Morgan fingerprint density at radius 3 is 2.64 bits per heavy atom. The summed E-state index contributed by atoms with van der Waals surface area (Å²) in [5, 5.41) is 2.50. The molecule has 0 unspecified atom stereocenters. The van der Waals surface area contributed by atoms with Crippen LogP contribution in [0.15, 0.2) is 30.3 Å².